The highest BCUT2D eigenvalue weighted by Crippen LogP contribution is 2.20. The van der Waals surface area contributed by atoms with E-state index in [-0.39, 0.29) is 36.8 Å². The molecule has 7 heteroatoms. The van der Waals surface area contributed by atoms with Gasteiger partial charge in [0, 0.05) is 31.0 Å². The van der Waals surface area contributed by atoms with Crippen LogP contribution in [0.4, 0.5) is 0 Å². The third kappa shape index (κ3) is 7.90. The lowest BCUT2D eigenvalue weighted by Crippen LogP contribution is -2.40. The molecule has 1 aromatic carbocycles. The van der Waals surface area contributed by atoms with Crippen LogP contribution in [0.5, 0.6) is 0 Å². The lowest BCUT2D eigenvalue weighted by molar-refractivity contribution is -0.121. The number of benzene rings is 1. The molecule has 2 aromatic rings. The van der Waals surface area contributed by atoms with E-state index in [1.165, 1.54) is 0 Å². The zero-order valence-corrected chi connectivity index (χ0v) is 16.1. The predicted molar refractivity (Wildman–Crippen MR) is 105 cm³/mol. The summed E-state index contributed by atoms with van der Waals surface area (Å²) < 4.78 is 5.70. The summed E-state index contributed by atoms with van der Waals surface area (Å²) in [6.45, 7) is 2.60. The summed E-state index contributed by atoms with van der Waals surface area (Å²) in [7, 11) is 0. The molecule has 0 aliphatic carbocycles. The van der Waals surface area contributed by atoms with Gasteiger partial charge in [0.2, 0.25) is 5.91 Å². The summed E-state index contributed by atoms with van der Waals surface area (Å²) in [5.74, 6) is 1.30. The number of nitrogens with zero attached hydrogens (tertiary/aromatic N) is 1. The van der Waals surface area contributed by atoms with Crippen LogP contribution in [0.15, 0.2) is 40.9 Å². The predicted octanol–water partition coefficient (Wildman–Crippen LogP) is 3.75. The number of nitrogens with one attached hydrogen (secondary N) is 1. The molecule has 1 atom stereocenters. The Morgan fingerprint density at radius 3 is 2.64 bits per heavy atom. The first kappa shape index (κ1) is 23.4. The van der Waals surface area contributed by atoms with E-state index in [9.17, 15) is 4.79 Å². The van der Waals surface area contributed by atoms with E-state index >= 15 is 0 Å². The van der Waals surface area contributed by atoms with E-state index in [1.807, 2.05) is 30.3 Å². The normalized spacial score (nSPS) is 11.1. The number of hydrogen-bond donors (Lipinski definition) is 2. The molecule has 1 amide bonds. The fourth-order valence-electron chi connectivity index (χ4n) is 2.38. The Kier molecular flexibility index (Phi) is 12.0. The minimum absolute atomic E-state index is 0. The Labute approximate surface area is 161 Å². The molecule has 0 spiro atoms. The number of carbonyl (C=O) groups excluding carboxylic acids is 1. The summed E-state index contributed by atoms with van der Waals surface area (Å²) in [5, 5.41) is 2.98. The van der Waals surface area contributed by atoms with Crippen LogP contribution in [0.3, 0.4) is 0 Å². The van der Waals surface area contributed by atoms with Gasteiger partial charge in [-0.1, -0.05) is 50.1 Å². The van der Waals surface area contributed by atoms with E-state index in [0.29, 0.717) is 25.3 Å². The molecule has 1 aromatic heterocycles. The first-order valence-electron chi connectivity index (χ1n) is 8.22. The molecule has 1 unspecified atom stereocenters. The van der Waals surface area contributed by atoms with Crippen molar-refractivity contribution in [2.24, 2.45) is 5.73 Å². The fourth-order valence-corrected chi connectivity index (χ4v) is 2.38. The number of aryl methyl sites for hydroxylation is 1. The Morgan fingerprint density at radius 1 is 1.28 bits per heavy atom. The van der Waals surface area contributed by atoms with Gasteiger partial charge < -0.3 is 15.5 Å². The molecular weight excluding hydrogens is 361 g/mol. The third-order valence-electron chi connectivity index (χ3n) is 3.73. The summed E-state index contributed by atoms with van der Waals surface area (Å²) in [4.78, 5) is 16.2. The minimum Gasteiger partial charge on any atom is -0.441 e. The van der Waals surface area contributed by atoms with E-state index in [2.05, 4.69) is 17.2 Å². The second-order valence-corrected chi connectivity index (χ2v) is 5.63. The van der Waals surface area contributed by atoms with Crippen molar-refractivity contribution in [2.75, 3.05) is 6.54 Å². The maximum absolute atomic E-state index is 12.0. The summed E-state index contributed by atoms with van der Waals surface area (Å²) in [6.07, 6.45) is 5.65. The number of halogens is 2. The number of rotatable bonds is 9. The average molecular weight is 388 g/mol. The van der Waals surface area contributed by atoms with Gasteiger partial charge in [-0.3, -0.25) is 4.79 Å². The molecule has 1 heterocycles. The van der Waals surface area contributed by atoms with E-state index in [0.717, 1.165) is 30.6 Å². The molecule has 3 N–H and O–H groups in total. The first-order chi connectivity index (χ1) is 11.2. The maximum atomic E-state index is 12.0. The van der Waals surface area contributed by atoms with Crippen LogP contribution in [-0.2, 0) is 11.2 Å². The van der Waals surface area contributed by atoms with Crippen LogP contribution in [0.25, 0.3) is 11.3 Å². The average Bonchev–Trinajstić information content (AvgIpc) is 3.06. The second-order valence-electron chi connectivity index (χ2n) is 5.63. The second kappa shape index (κ2) is 12.8. The SMILES string of the molecule is CCCCC(CN)NC(=O)CCc1ncc(-c2ccccc2)o1.Cl.Cl. The third-order valence-corrected chi connectivity index (χ3v) is 3.73. The van der Waals surface area contributed by atoms with Crippen molar-refractivity contribution in [3.8, 4) is 11.3 Å². The highest BCUT2D eigenvalue weighted by molar-refractivity contribution is 5.85. The quantitative estimate of drug-likeness (QED) is 0.686. The Morgan fingerprint density at radius 2 is 2.00 bits per heavy atom. The van der Waals surface area contributed by atoms with Crippen molar-refractivity contribution in [1.29, 1.82) is 0 Å². The number of hydrogen-bond acceptors (Lipinski definition) is 4. The van der Waals surface area contributed by atoms with Gasteiger partial charge >= 0.3 is 0 Å². The molecule has 2 rings (SSSR count). The number of carbonyl (C=O) groups is 1. The Bertz CT molecular complexity index is 605. The van der Waals surface area contributed by atoms with Crippen molar-refractivity contribution in [1.82, 2.24) is 10.3 Å². The molecule has 5 nitrogen and oxygen atoms in total. The van der Waals surface area contributed by atoms with Crippen LogP contribution in [-0.4, -0.2) is 23.5 Å². The van der Waals surface area contributed by atoms with Gasteiger partial charge in [-0.2, -0.15) is 0 Å². The molecule has 0 saturated carbocycles. The topological polar surface area (TPSA) is 81.1 Å². The summed E-state index contributed by atoms with van der Waals surface area (Å²) in [5.41, 5.74) is 6.68. The lowest BCUT2D eigenvalue weighted by Gasteiger charge is -2.16. The van der Waals surface area contributed by atoms with Gasteiger partial charge in [-0.15, -0.1) is 24.8 Å². The standard InChI is InChI=1S/C18H25N3O2.2ClH/c1-2-3-9-15(12-19)21-17(22)10-11-18-20-13-16(23-18)14-7-5-4-6-8-14;;/h4-8,13,15H,2-3,9-12,19H2,1H3,(H,21,22);2*1H. The van der Waals surface area contributed by atoms with Crippen molar-refractivity contribution in [3.63, 3.8) is 0 Å². The largest absolute Gasteiger partial charge is 0.441 e. The number of nitrogens with two attached hydrogens (primary N) is 1. The van der Waals surface area contributed by atoms with Gasteiger partial charge in [0.25, 0.3) is 0 Å². The highest BCUT2D eigenvalue weighted by Gasteiger charge is 2.12. The van der Waals surface area contributed by atoms with Gasteiger partial charge in [0.1, 0.15) is 0 Å². The number of amides is 1. The monoisotopic (exact) mass is 387 g/mol. The van der Waals surface area contributed by atoms with Crippen molar-refractivity contribution in [2.45, 2.75) is 45.1 Å². The van der Waals surface area contributed by atoms with Crippen molar-refractivity contribution < 1.29 is 9.21 Å². The Balaban J connectivity index is 0.00000288. The molecule has 25 heavy (non-hydrogen) atoms. The van der Waals surface area contributed by atoms with Gasteiger partial charge in [-0.25, -0.2) is 4.98 Å². The van der Waals surface area contributed by atoms with Crippen LogP contribution in [0, 0.1) is 0 Å². The lowest BCUT2D eigenvalue weighted by atomic mass is 10.1. The van der Waals surface area contributed by atoms with E-state index < -0.39 is 0 Å². The smallest absolute Gasteiger partial charge is 0.220 e. The molecule has 0 bridgehead atoms. The minimum atomic E-state index is -0.00369. The molecule has 0 fully saturated rings. The molecule has 0 aliphatic heterocycles. The van der Waals surface area contributed by atoms with Crippen LogP contribution in [0.1, 0.15) is 38.5 Å². The van der Waals surface area contributed by atoms with Crippen LogP contribution in [0.2, 0.25) is 0 Å². The van der Waals surface area contributed by atoms with Crippen molar-refractivity contribution in [3.05, 3.63) is 42.4 Å². The molecule has 140 valence electrons. The Hall–Kier alpha value is -1.56. The highest BCUT2D eigenvalue weighted by atomic mass is 35.5. The van der Waals surface area contributed by atoms with Crippen LogP contribution < -0.4 is 11.1 Å². The van der Waals surface area contributed by atoms with E-state index in [1.54, 1.807) is 6.20 Å². The summed E-state index contributed by atoms with van der Waals surface area (Å²) in [6, 6.07) is 9.86. The molecule has 0 saturated heterocycles. The van der Waals surface area contributed by atoms with Gasteiger partial charge in [0.15, 0.2) is 11.7 Å². The maximum Gasteiger partial charge on any atom is 0.220 e. The summed E-state index contributed by atoms with van der Waals surface area (Å²) >= 11 is 0. The number of unbranched alkanes of at least 4 members (excludes halogenated alkanes) is 1. The van der Waals surface area contributed by atoms with Gasteiger partial charge in [0.05, 0.1) is 6.20 Å². The van der Waals surface area contributed by atoms with Gasteiger partial charge in [-0.05, 0) is 6.42 Å². The van der Waals surface area contributed by atoms with E-state index in [4.69, 9.17) is 10.2 Å². The molecular formula is C18H27Cl2N3O2. The number of oxazole rings is 1. The van der Waals surface area contributed by atoms with Crippen LogP contribution >= 0.6 is 24.8 Å². The molecule has 0 radical (unpaired) electrons. The first-order valence-corrected chi connectivity index (χ1v) is 8.22. The zero-order chi connectivity index (χ0) is 16.5. The molecule has 0 aliphatic rings. The fraction of sp³-hybridized carbons (Fsp3) is 0.444. The van der Waals surface area contributed by atoms with Crippen molar-refractivity contribution >= 4 is 30.7 Å². The number of aromatic nitrogens is 1. The zero-order valence-electron chi connectivity index (χ0n) is 14.4.